The highest BCUT2D eigenvalue weighted by molar-refractivity contribution is 7.09. The van der Waals surface area contributed by atoms with Gasteiger partial charge in [0.05, 0.1) is 10.7 Å². The van der Waals surface area contributed by atoms with Gasteiger partial charge < -0.3 is 10.2 Å². The number of nitrogens with zero attached hydrogens (tertiary/aromatic N) is 2. The Morgan fingerprint density at radius 3 is 2.42 bits per heavy atom. The van der Waals surface area contributed by atoms with Crippen LogP contribution in [0.1, 0.15) is 52.2 Å². The van der Waals surface area contributed by atoms with Crippen molar-refractivity contribution in [1.29, 1.82) is 0 Å². The molecule has 1 rings (SSSR count). The van der Waals surface area contributed by atoms with Crippen molar-refractivity contribution in [2.24, 2.45) is 0 Å². The second-order valence-corrected chi connectivity index (χ2v) is 7.02. The molecule has 0 spiro atoms. The zero-order valence-corrected chi connectivity index (χ0v) is 14.1. The van der Waals surface area contributed by atoms with E-state index in [0.717, 1.165) is 26.2 Å². The fourth-order valence-electron chi connectivity index (χ4n) is 1.95. The number of rotatable bonds is 7. The first-order valence-corrected chi connectivity index (χ1v) is 8.15. The third kappa shape index (κ3) is 5.59. The molecule has 1 heterocycles. The predicted molar refractivity (Wildman–Crippen MR) is 84.9 cm³/mol. The van der Waals surface area contributed by atoms with E-state index in [1.807, 2.05) is 0 Å². The van der Waals surface area contributed by atoms with Crippen LogP contribution in [-0.2, 0) is 12.0 Å². The van der Waals surface area contributed by atoms with Crippen LogP contribution in [0.2, 0.25) is 0 Å². The van der Waals surface area contributed by atoms with Crippen molar-refractivity contribution in [2.75, 3.05) is 19.6 Å². The topological polar surface area (TPSA) is 28.2 Å². The van der Waals surface area contributed by atoms with Crippen molar-refractivity contribution < 1.29 is 0 Å². The lowest BCUT2D eigenvalue weighted by Gasteiger charge is -2.23. The van der Waals surface area contributed by atoms with E-state index in [2.05, 4.69) is 57.1 Å². The molecule has 1 aromatic rings. The summed E-state index contributed by atoms with van der Waals surface area (Å²) < 4.78 is 0. The normalized spacial score (nSPS) is 14.1. The van der Waals surface area contributed by atoms with Crippen LogP contribution in [0.3, 0.4) is 0 Å². The van der Waals surface area contributed by atoms with E-state index in [4.69, 9.17) is 4.98 Å². The van der Waals surface area contributed by atoms with Crippen molar-refractivity contribution in [3.05, 3.63) is 16.1 Å². The predicted octanol–water partition coefficient (Wildman–Crippen LogP) is 3.26. The van der Waals surface area contributed by atoms with Crippen molar-refractivity contribution in [2.45, 2.75) is 59.5 Å². The lowest BCUT2D eigenvalue weighted by Crippen LogP contribution is -2.38. The van der Waals surface area contributed by atoms with Gasteiger partial charge in [-0.3, -0.25) is 0 Å². The SMILES string of the molecule is CCN(CC)CC(C)NCc1csc(C(C)(C)C)n1. The average Bonchev–Trinajstić information content (AvgIpc) is 2.82. The van der Waals surface area contributed by atoms with Crippen molar-refractivity contribution >= 4 is 11.3 Å². The second-order valence-electron chi connectivity index (χ2n) is 6.16. The van der Waals surface area contributed by atoms with Crippen LogP contribution in [0.25, 0.3) is 0 Å². The van der Waals surface area contributed by atoms with E-state index in [1.165, 1.54) is 10.7 Å². The molecule has 0 bridgehead atoms. The summed E-state index contributed by atoms with van der Waals surface area (Å²) in [4.78, 5) is 7.16. The van der Waals surface area contributed by atoms with Gasteiger partial charge in [-0.15, -0.1) is 11.3 Å². The fourth-order valence-corrected chi connectivity index (χ4v) is 2.85. The molecule has 0 aromatic carbocycles. The number of aromatic nitrogens is 1. The van der Waals surface area contributed by atoms with E-state index in [9.17, 15) is 0 Å². The summed E-state index contributed by atoms with van der Waals surface area (Å²) in [6, 6.07) is 0.500. The first kappa shape index (κ1) is 16.6. The van der Waals surface area contributed by atoms with Crippen LogP contribution in [-0.4, -0.2) is 35.6 Å². The number of hydrogen-bond acceptors (Lipinski definition) is 4. The average molecular weight is 283 g/mol. The Kier molecular flexibility index (Phi) is 6.43. The molecule has 4 heteroatoms. The molecule has 0 saturated carbocycles. The van der Waals surface area contributed by atoms with Gasteiger partial charge in [0.15, 0.2) is 0 Å². The van der Waals surface area contributed by atoms with Crippen LogP contribution in [0.4, 0.5) is 0 Å². The largest absolute Gasteiger partial charge is 0.307 e. The standard InChI is InChI=1S/C15H29N3S/c1-7-18(8-2)10-12(3)16-9-13-11-19-14(17-13)15(4,5)6/h11-12,16H,7-10H2,1-6H3. The molecule has 19 heavy (non-hydrogen) atoms. The van der Waals surface area contributed by atoms with Crippen molar-refractivity contribution in [3.63, 3.8) is 0 Å². The zero-order chi connectivity index (χ0) is 14.5. The van der Waals surface area contributed by atoms with Gasteiger partial charge in [-0.25, -0.2) is 4.98 Å². The van der Waals surface area contributed by atoms with Gasteiger partial charge >= 0.3 is 0 Å². The van der Waals surface area contributed by atoms with E-state index < -0.39 is 0 Å². The highest BCUT2D eigenvalue weighted by Crippen LogP contribution is 2.25. The van der Waals surface area contributed by atoms with Crippen LogP contribution in [0.15, 0.2) is 5.38 Å². The van der Waals surface area contributed by atoms with Crippen LogP contribution >= 0.6 is 11.3 Å². The highest BCUT2D eigenvalue weighted by Gasteiger charge is 2.18. The first-order chi connectivity index (χ1) is 8.86. The van der Waals surface area contributed by atoms with E-state index in [1.54, 1.807) is 11.3 Å². The van der Waals surface area contributed by atoms with Gasteiger partial charge in [0.2, 0.25) is 0 Å². The summed E-state index contributed by atoms with van der Waals surface area (Å²) in [5.41, 5.74) is 1.33. The molecule has 0 amide bonds. The maximum atomic E-state index is 4.72. The summed E-state index contributed by atoms with van der Waals surface area (Å²) in [6.45, 7) is 17.5. The van der Waals surface area contributed by atoms with Gasteiger partial charge in [0.1, 0.15) is 0 Å². The molecule has 1 aromatic heterocycles. The van der Waals surface area contributed by atoms with E-state index in [-0.39, 0.29) is 5.41 Å². The molecule has 1 unspecified atom stereocenters. The summed E-state index contributed by atoms with van der Waals surface area (Å²) in [7, 11) is 0. The molecule has 0 fully saturated rings. The smallest absolute Gasteiger partial charge is 0.0982 e. The molecule has 3 nitrogen and oxygen atoms in total. The summed E-state index contributed by atoms with van der Waals surface area (Å²) in [5, 5.41) is 6.97. The number of likely N-dealkylation sites (N-methyl/N-ethyl adjacent to an activating group) is 1. The number of thiazole rings is 1. The minimum Gasteiger partial charge on any atom is -0.307 e. The zero-order valence-electron chi connectivity index (χ0n) is 13.3. The monoisotopic (exact) mass is 283 g/mol. The highest BCUT2D eigenvalue weighted by atomic mass is 32.1. The Balaban J connectivity index is 2.42. The molecular formula is C15H29N3S. The Morgan fingerprint density at radius 1 is 1.32 bits per heavy atom. The van der Waals surface area contributed by atoms with Crippen molar-refractivity contribution in [3.8, 4) is 0 Å². The maximum Gasteiger partial charge on any atom is 0.0982 e. The number of nitrogens with one attached hydrogen (secondary N) is 1. The lowest BCUT2D eigenvalue weighted by atomic mass is 9.98. The van der Waals surface area contributed by atoms with Gasteiger partial charge in [-0.1, -0.05) is 34.6 Å². The van der Waals surface area contributed by atoms with Crippen molar-refractivity contribution in [1.82, 2.24) is 15.2 Å². The number of hydrogen-bond donors (Lipinski definition) is 1. The van der Waals surface area contributed by atoms with Gasteiger partial charge in [-0.05, 0) is 20.0 Å². The summed E-state index contributed by atoms with van der Waals surface area (Å²) >= 11 is 1.77. The Morgan fingerprint density at radius 2 is 1.95 bits per heavy atom. The van der Waals surface area contributed by atoms with E-state index >= 15 is 0 Å². The minimum atomic E-state index is 0.162. The van der Waals surface area contributed by atoms with Gasteiger partial charge in [-0.2, -0.15) is 0 Å². The first-order valence-electron chi connectivity index (χ1n) is 7.27. The van der Waals surface area contributed by atoms with Crippen LogP contribution in [0.5, 0.6) is 0 Å². The maximum absolute atomic E-state index is 4.72. The molecule has 0 saturated heterocycles. The third-order valence-electron chi connectivity index (χ3n) is 3.25. The molecule has 0 aliphatic rings. The van der Waals surface area contributed by atoms with E-state index in [0.29, 0.717) is 6.04 Å². The quantitative estimate of drug-likeness (QED) is 0.832. The lowest BCUT2D eigenvalue weighted by molar-refractivity contribution is 0.270. The fraction of sp³-hybridized carbons (Fsp3) is 0.800. The van der Waals surface area contributed by atoms with Crippen LogP contribution < -0.4 is 5.32 Å². The molecule has 1 atom stereocenters. The molecule has 0 radical (unpaired) electrons. The summed E-state index contributed by atoms with van der Waals surface area (Å²) in [5.74, 6) is 0. The molecule has 0 aliphatic heterocycles. The van der Waals surface area contributed by atoms with Gasteiger partial charge in [0.25, 0.3) is 0 Å². The molecule has 1 N–H and O–H groups in total. The van der Waals surface area contributed by atoms with Gasteiger partial charge in [0, 0.05) is 29.9 Å². The van der Waals surface area contributed by atoms with Crippen LogP contribution in [0, 0.1) is 0 Å². The third-order valence-corrected chi connectivity index (χ3v) is 4.57. The Labute approximate surface area is 122 Å². The molecule has 110 valence electrons. The Bertz CT molecular complexity index is 364. The molecular weight excluding hydrogens is 254 g/mol. The molecule has 0 aliphatic carbocycles. The minimum absolute atomic E-state index is 0.162. The summed E-state index contributed by atoms with van der Waals surface area (Å²) in [6.07, 6.45) is 0. The Hall–Kier alpha value is -0.450. The second kappa shape index (κ2) is 7.36.